The van der Waals surface area contributed by atoms with Gasteiger partial charge in [0.25, 0.3) is 0 Å². The van der Waals surface area contributed by atoms with Gasteiger partial charge in [-0.05, 0) is 0 Å². The maximum Gasteiger partial charge on any atom is 0.158 e. The SMILES string of the molecule is CCc1nnc(CO)n1CCOC. The van der Waals surface area contributed by atoms with Crippen molar-refractivity contribution in [3.63, 3.8) is 0 Å². The van der Waals surface area contributed by atoms with Crippen LogP contribution in [0.5, 0.6) is 0 Å². The molecule has 0 aliphatic heterocycles. The molecule has 1 aromatic heterocycles. The van der Waals surface area contributed by atoms with Crippen molar-refractivity contribution in [2.24, 2.45) is 0 Å². The Morgan fingerprint density at radius 1 is 1.38 bits per heavy atom. The second kappa shape index (κ2) is 4.94. The molecule has 0 saturated carbocycles. The standard InChI is InChI=1S/C8H15N3O2/c1-3-7-9-10-8(6-12)11(7)4-5-13-2/h12H,3-6H2,1-2H3. The molecular weight excluding hydrogens is 170 g/mol. The molecule has 74 valence electrons. The van der Waals surface area contributed by atoms with Gasteiger partial charge in [-0.1, -0.05) is 6.92 Å². The van der Waals surface area contributed by atoms with Crippen LogP contribution in [0.4, 0.5) is 0 Å². The fourth-order valence-electron chi connectivity index (χ4n) is 1.19. The van der Waals surface area contributed by atoms with Crippen LogP contribution in [0.15, 0.2) is 0 Å². The molecular formula is C8H15N3O2. The van der Waals surface area contributed by atoms with Gasteiger partial charge in [-0.15, -0.1) is 10.2 Å². The van der Waals surface area contributed by atoms with Gasteiger partial charge in [0.1, 0.15) is 12.4 Å². The fourth-order valence-corrected chi connectivity index (χ4v) is 1.19. The van der Waals surface area contributed by atoms with E-state index in [1.807, 2.05) is 11.5 Å². The van der Waals surface area contributed by atoms with Crippen LogP contribution in [-0.2, 0) is 24.3 Å². The predicted octanol–water partition coefficient (Wildman–Crippen LogP) is -0.0208. The molecule has 13 heavy (non-hydrogen) atoms. The number of rotatable bonds is 5. The first kappa shape index (κ1) is 10.1. The second-order valence-corrected chi connectivity index (χ2v) is 2.69. The summed E-state index contributed by atoms with van der Waals surface area (Å²) < 4.78 is 6.85. The molecule has 1 heterocycles. The highest BCUT2D eigenvalue weighted by Gasteiger charge is 2.08. The van der Waals surface area contributed by atoms with E-state index < -0.39 is 0 Å². The van der Waals surface area contributed by atoms with Crippen LogP contribution < -0.4 is 0 Å². The van der Waals surface area contributed by atoms with Crippen molar-refractivity contribution in [3.8, 4) is 0 Å². The van der Waals surface area contributed by atoms with E-state index in [0.29, 0.717) is 19.0 Å². The average Bonchev–Trinajstić information content (AvgIpc) is 2.56. The third-order valence-corrected chi connectivity index (χ3v) is 1.88. The lowest BCUT2D eigenvalue weighted by molar-refractivity contribution is 0.181. The summed E-state index contributed by atoms with van der Waals surface area (Å²) in [7, 11) is 1.65. The Morgan fingerprint density at radius 2 is 2.08 bits per heavy atom. The molecule has 0 saturated heterocycles. The van der Waals surface area contributed by atoms with Gasteiger partial charge in [0, 0.05) is 20.1 Å². The lowest BCUT2D eigenvalue weighted by atomic mass is 10.4. The molecule has 5 nitrogen and oxygen atoms in total. The zero-order valence-corrected chi connectivity index (χ0v) is 8.03. The third-order valence-electron chi connectivity index (χ3n) is 1.88. The molecule has 0 unspecified atom stereocenters. The van der Waals surface area contributed by atoms with E-state index in [1.54, 1.807) is 7.11 Å². The van der Waals surface area contributed by atoms with E-state index in [2.05, 4.69) is 10.2 Å². The van der Waals surface area contributed by atoms with Crippen LogP contribution in [0.25, 0.3) is 0 Å². The summed E-state index contributed by atoms with van der Waals surface area (Å²) in [6.45, 7) is 3.24. The number of aryl methyl sites for hydroxylation is 1. The number of hydrogen-bond donors (Lipinski definition) is 1. The molecule has 1 aromatic rings. The van der Waals surface area contributed by atoms with Crippen molar-refractivity contribution >= 4 is 0 Å². The van der Waals surface area contributed by atoms with E-state index in [4.69, 9.17) is 9.84 Å². The Kier molecular flexibility index (Phi) is 3.85. The highest BCUT2D eigenvalue weighted by molar-refractivity contribution is 4.94. The van der Waals surface area contributed by atoms with Crippen LogP contribution in [0.1, 0.15) is 18.6 Å². The summed E-state index contributed by atoms with van der Waals surface area (Å²) in [5, 5.41) is 16.8. The number of aliphatic hydroxyl groups excluding tert-OH is 1. The first-order valence-corrected chi connectivity index (χ1v) is 4.34. The monoisotopic (exact) mass is 185 g/mol. The molecule has 5 heteroatoms. The predicted molar refractivity (Wildman–Crippen MR) is 47.2 cm³/mol. The van der Waals surface area contributed by atoms with Gasteiger partial charge in [-0.2, -0.15) is 0 Å². The van der Waals surface area contributed by atoms with Gasteiger partial charge in [0.2, 0.25) is 0 Å². The number of aromatic nitrogens is 3. The Balaban J connectivity index is 2.78. The summed E-state index contributed by atoms with van der Waals surface area (Å²) in [6.07, 6.45) is 0.816. The van der Waals surface area contributed by atoms with E-state index in [9.17, 15) is 0 Å². The summed E-state index contributed by atoms with van der Waals surface area (Å²) in [4.78, 5) is 0. The Bertz CT molecular complexity index is 238. The first-order chi connectivity index (χ1) is 6.33. The van der Waals surface area contributed by atoms with E-state index in [-0.39, 0.29) is 6.61 Å². The second-order valence-electron chi connectivity index (χ2n) is 2.69. The van der Waals surface area contributed by atoms with Gasteiger partial charge < -0.3 is 14.4 Å². The van der Waals surface area contributed by atoms with Crippen LogP contribution >= 0.6 is 0 Å². The molecule has 1 rings (SSSR count). The lowest BCUT2D eigenvalue weighted by Crippen LogP contribution is -2.11. The van der Waals surface area contributed by atoms with Gasteiger partial charge in [0.05, 0.1) is 6.61 Å². The van der Waals surface area contributed by atoms with Crippen LogP contribution in [0, 0.1) is 0 Å². The van der Waals surface area contributed by atoms with Gasteiger partial charge in [-0.25, -0.2) is 0 Å². The molecule has 0 aliphatic carbocycles. The number of hydrogen-bond acceptors (Lipinski definition) is 4. The molecule has 1 N–H and O–H groups in total. The number of ether oxygens (including phenoxy) is 1. The molecule has 0 atom stereocenters. The first-order valence-electron chi connectivity index (χ1n) is 4.34. The van der Waals surface area contributed by atoms with Crippen molar-refractivity contribution in [2.45, 2.75) is 26.5 Å². The van der Waals surface area contributed by atoms with Gasteiger partial charge in [-0.3, -0.25) is 0 Å². The minimum atomic E-state index is -0.0727. The normalized spacial score (nSPS) is 10.7. The quantitative estimate of drug-likeness (QED) is 0.700. The summed E-state index contributed by atoms with van der Waals surface area (Å²) in [5.74, 6) is 1.50. The minimum absolute atomic E-state index is 0.0727. The lowest BCUT2D eigenvalue weighted by Gasteiger charge is -2.06. The van der Waals surface area contributed by atoms with Crippen molar-refractivity contribution < 1.29 is 9.84 Å². The Labute approximate surface area is 77.4 Å². The molecule has 0 amide bonds. The molecule has 0 bridgehead atoms. The topological polar surface area (TPSA) is 60.2 Å². The largest absolute Gasteiger partial charge is 0.388 e. The van der Waals surface area contributed by atoms with Crippen molar-refractivity contribution in [3.05, 3.63) is 11.6 Å². The summed E-state index contributed by atoms with van der Waals surface area (Å²) in [6, 6.07) is 0. The van der Waals surface area contributed by atoms with E-state index in [0.717, 1.165) is 12.2 Å². The highest BCUT2D eigenvalue weighted by Crippen LogP contribution is 2.02. The molecule has 0 spiro atoms. The maximum absolute atomic E-state index is 8.96. The zero-order chi connectivity index (χ0) is 9.68. The zero-order valence-electron chi connectivity index (χ0n) is 8.03. The summed E-state index contributed by atoms with van der Waals surface area (Å²) >= 11 is 0. The van der Waals surface area contributed by atoms with Crippen molar-refractivity contribution in [2.75, 3.05) is 13.7 Å². The van der Waals surface area contributed by atoms with E-state index >= 15 is 0 Å². The molecule has 0 aromatic carbocycles. The van der Waals surface area contributed by atoms with Crippen molar-refractivity contribution in [1.82, 2.24) is 14.8 Å². The average molecular weight is 185 g/mol. The van der Waals surface area contributed by atoms with Gasteiger partial charge >= 0.3 is 0 Å². The van der Waals surface area contributed by atoms with Crippen LogP contribution in [-0.4, -0.2) is 33.6 Å². The number of aliphatic hydroxyl groups is 1. The maximum atomic E-state index is 8.96. The molecule has 0 fully saturated rings. The highest BCUT2D eigenvalue weighted by atomic mass is 16.5. The minimum Gasteiger partial charge on any atom is -0.388 e. The smallest absolute Gasteiger partial charge is 0.158 e. The van der Waals surface area contributed by atoms with E-state index in [1.165, 1.54) is 0 Å². The Hall–Kier alpha value is -0.940. The molecule has 0 radical (unpaired) electrons. The number of nitrogens with zero attached hydrogens (tertiary/aromatic N) is 3. The third kappa shape index (κ3) is 2.26. The van der Waals surface area contributed by atoms with Crippen LogP contribution in [0.2, 0.25) is 0 Å². The van der Waals surface area contributed by atoms with Gasteiger partial charge in [0.15, 0.2) is 5.82 Å². The Morgan fingerprint density at radius 3 is 2.62 bits per heavy atom. The summed E-state index contributed by atoms with van der Waals surface area (Å²) in [5.41, 5.74) is 0. The fraction of sp³-hybridized carbons (Fsp3) is 0.750. The number of methoxy groups -OCH3 is 1. The van der Waals surface area contributed by atoms with Crippen molar-refractivity contribution in [1.29, 1.82) is 0 Å². The molecule has 0 aliphatic rings. The van der Waals surface area contributed by atoms with Crippen LogP contribution in [0.3, 0.4) is 0 Å².